The highest BCUT2D eigenvalue weighted by molar-refractivity contribution is 6.61. The molecule has 0 atom stereocenters. The van der Waals surface area contributed by atoms with E-state index in [1.165, 1.54) is 6.92 Å². The van der Waals surface area contributed by atoms with Crippen LogP contribution in [-0.4, -0.2) is 27.0 Å². The Kier molecular flexibility index (Phi) is 5.32. The van der Waals surface area contributed by atoms with E-state index >= 15 is 0 Å². The number of carbonyl (C=O) groups is 1. The molecule has 0 aromatic carbocycles. The zero-order chi connectivity index (χ0) is 11.4. The van der Waals surface area contributed by atoms with E-state index in [1.807, 2.05) is 27.7 Å². The fourth-order valence-corrected chi connectivity index (χ4v) is 3.58. The molecule has 0 aromatic heterocycles. The summed E-state index contributed by atoms with van der Waals surface area (Å²) >= 11 is 0. The first kappa shape index (κ1) is 13.6. The van der Waals surface area contributed by atoms with Crippen molar-refractivity contribution in [2.75, 3.05) is 0 Å². The van der Waals surface area contributed by atoms with Crippen LogP contribution in [0.25, 0.3) is 0 Å². The Hall–Kier alpha value is -0.393. The summed E-state index contributed by atoms with van der Waals surface area (Å²) in [6.07, 6.45) is -0.0190. The van der Waals surface area contributed by atoms with Gasteiger partial charge in [-0.3, -0.25) is 4.79 Å². The van der Waals surface area contributed by atoms with E-state index < -0.39 is 8.80 Å². The van der Waals surface area contributed by atoms with Crippen LogP contribution in [0.15, 0.2) is 0 Å². The quantitative estimate of drug-likeness (QED) is 0.664. The number of hydrogen-bond donors (Lipinski definition) is 0. The highest BCUT2D eigenvalue weighted by Gasteiger charge is 2.40. The topological polar surface area (TPSA) is 44.8 Å². The zero-order valence-corrected chi connectivity index (χ0v) is 10.8. The number of rotatable bonds is 5. The molecule has 0 aliphatic heterocycles. The van der Waals surface area contributed by atoms with Crippen LogP contribution in [0.5, 0.6) is 0 Å². The molecule has 0 N–H and O–H groups in total. The third-order valence-electron chi connectivity index (χ3n) is 1.23. The molecule has 84 valence electrons. The predicted octanol–water partition coefficient (Wildman–Crippen LogP) is 1.97. The lowest BCUT2D eigenvalue weighted by Gasteiger charge is -2.28. The van der Waals surface area contributed by atoms with Crippen LogP contribution in [-0.2, 0) is 18.1 Å². The third kappa shape index (κ3) is 6.12. The van der Waals surface area contributed by atoms with Gasteiger partial charge in [0, 0.05) is 25.7 Å². The smallest absolute Gasteiger partial charge is 0.474 e. The van der Waals surface area contributed by atoms with Crippen LogP contribution < -0.4 is 0 Å². The second kappa shape index (κ2) is 5.48. The number of carbonyl (C=O) groups excluding carboxylic acids is 1. The standard InChI is InChI=1S/C9H20O4Si/c1-7(2)11-14(6,12-8(3)4)13-9(5)10/h7-8H,1-6H3. The van der Waals surface area contributed by atoms with Crippen LogP contribution in [0, 0.1) is 0 Å². The lowest BCUT2D eigenvalue weighted by atomic mass is 10.5. The summed E-state index contributed by atoms with van der Waals surface area (Å²) in [5.41, 5.74) is 0. The van der Waals surface area contributed by atoms with E-state index in [9.17, 15) is 4.79 Å². The summed E-state index contributed by atoms with van der Waals surface area (Å²) in [7, 11) is -2.79. The van der Waals surface area contributed by atoms with Crippen molar-refractivity contribution in [3.05, 3.63) is 0 Å². The molecule has 0 aromatic rings. The van der Waals surface area contributed by atoms with Gasteiger partial charge < -0.3 is 13.3 Å². The molecule has 0 aliphatic rings. The fraction of sp³-hybridized carbons (Fsp3) is 0.889. The molecule has 0 spiro atoms. The van der Waals surface area contributed by atoms with Gasteiger partial charge in [-0.25, -0.2) is 0 Å². The van der Waals surface area contributed by atoms with Crippen molar-refractivity contribution in [3.63, 3.8) is 0 Å². The van der Waals surface area contributed by atoms with Crippen molar-refractivity contribution in [2.24, 2.45) is 0 Å². The van der Waals surface area contributed by atoms with Gasteiger partial charge in [0.1, 0.15) is 0 Å². The van der Waals surface area contributed by atoms with Crippen LogP contribution in [0.2, 0.25) is 6.55 Å². The Morgan fingerprint density at radius 2 is 1.43 bits per heavy atom. The van der Waals surface area contributed by atoms with E-state index in [-0.39, 0.29) is 18.2 Å². The van der Waals surface area contributed by atoms with Gasteiger partial charge in [-0.1, -0.05) is 0 Å². The van der Waals surface area contributed by atoms with Gasteiger partial charge in [-0.15, -0.1) is 0 Å². The molecule has 0 aliphatic carbocycles. The summed E-state index contributed by atoms with van der Waals surface area (Å²) in [6, 6.07) is 0. The summed E-state index contributed by atoms with van der Waals surface area (Å²) in [6.45, 7) is 10.6. The Bertz CT molecular complexity index is 181. The molecule has 0 rings (SSSR count). The zero-order valence-electron chi connectivity index (χ0n) is 9.79. The maximum atomic E-state index is 10.9. The van der Waals surface area contributed by atoms with Crippen molar-refractivity contribution in [3.8, 4) is 0 Å². The Morgan fingerprint density at radius 1 is 1.07 bits per heavy atom. The van der Waals surface area contributed by atoms with Crippen molar-refractivity contribution >= 4 is 14.8 Å². The molecule has 0 fully saturated rings. The minimum Gasteiger partial charge on any atom is -0.474 e. The summed E-state index contributed by atoms with van der Waals surface area (Å²) in [5, 5.41) is 0. The Balaban J connectivity index is 4.40. The lowest BCUT2D eigenvalue weighted by Crippen LogP contribution is -2.47. The largest absolute Gasteiger partial charge is 0.565 e. The molecule has 14 heavy (non-hydrogen) atoms. The highest BCUT2D eigenvalue weighted by Crippen LogP contribution is 2.14. The van der Waals surface area contributed by atoms with Crippen LogP contribution >= 0.6 is 0 Å². The van der Waals surface area contributed by atoms with Gasteiger partial charge in [0.05, 0.1) is 0 Å². The average molecular weight is 220 g/mol. The van der Waals surface area contributed by atoms with Gasteiger partial charge in [-0.05, 0) is 27.7 Å². The van der Waals surface area contributed by atoms with Crippen LogP contribution in [0.1, 0.15) is 34.6 Å². The maximum absolute atomic E-state index is 10.9. The fourth-order valence-electron chi connectivity index (χ4n) is 1.19. The summed E-state index contributed by atoms with van der Waals surface area (Å²) < 4.78 is 16.2. The molecule has 5 heteroatoms. The normalized spacial score (nSPS) is 12.3. The monoisotopic (exact) mass is 220 g/mol. The molecule has 0 saturated heterocycles. The van der Waals surface area contributed by atoms with E-state index in [1.54, 1.807) is 6.55 Å². The average Bonchev–Trinajstić information content (AvgIpc) is 1.76. The lowest BCUT2D eigenvalue weighted by molar-refractivity contribution is -0.137. The second-order valence-corrected chi connectivity index (χ2v) is 6.19. The summed E-state index contributed by atoms with van der Waals surface area (Å²) in [5.74, 6) is -0.361. The molecular formula is C9H20O4Si. The maximum Gasteiger partial charge on any atom is 0.565 e. The molecular weight excluding hydrogens is 200 g/mol. The van der Waals surface area contributed by atoms with E-state index in [4.69, 9.17) is 13.3 Å². The highest BCUT2D eigenvalue weighted by atomic mass is 28.4. The van der Waals surface area contributed by atoms with Gasteiger partial charge in [0.25, 0.3) is 5.97 Å². The third-order valence-corrected chi connectivity index (χ3v) is 3.69. The van der Waals surface area contributed by atoms with Gasteiger partial charge in [0.15, 0.2) is 0 Å². The molecule has 0 amide bonds. The molecule has 0 radical (unpaired) electrons. The van der Waals surface area contributed by atoms with Crippen LogP contribution in [0.4, 0.5) is 0 Å². The molecule has 0 bridgehead atoms. The van der Waals surface area contributed by atoms with E-state index in [0.29, 0.717) is 0 Å². The van der Waals surface area contributed by atoms with Gasteiger partial charge in [-0.2, -0.15) is 0 Å². The van der Waals surface area contributed by atoms with Gasteiger partial charge >= 0.3 is 8.80 Å². The second-order valence-electron chi connectivity index (χ2n) is 3.79. The first-order chi connectivity index (χ1) is 6.25. The number of hydrogen-bond acceptors (Lipinski definition) is 4. The molecule has 0 saturated carbocycles. The van der Waals surface area contributed by atoms with E-state index in [0.717, 1.165) is 0 Å². The first-order valence-corrected chi connectivity index (χ1v) is 7.03. The van der Waals surface area contributed by atoms with Crippen molar-refractivity contribution < 1.29 is 18.1 Å². The molecule has 0 unspecified atom stereocenters. The SMILES string of the molecule is CC(=O)O[Si](C)(OC(C)C)OC(C)C. The molecule has 0 heterocycles. The van der Waals surface area contributed by atoms with Crippen molar-refractivity contribution in [1.82, 2.24) is 0 Å². The van der Waals surface area contributed by atoms with Crippen molar-refractivity contribution in [1.29, 1.82) is 0 Å². The van der Waals surface area contributed by atoms with Gasteiger partial charge in [0.2, 0.25) is 0 Å². The summed E-state index contributed by atoms with van der Waals surface area (Å²) in [4.78, 5) is 10.9. The van der Waals surface area contributed by atoms with E-state index in [2.05, 4.69) is 0 Å². The minimum absolute atomic E-state index is 0.00948. The van der Waals surface area contributed by atoms with Crippen LogP contribution in [0.3, 0.4) is 0 Å². The van der Waals surface area contributed by atoms with Crippen molar-refractivity contribution in [2.45, 2.75) is 53.4 Å². The first-order valence-electron chi connectivity index (χ1n) is 4.80. The Morgan fingerprint density at radius 3 is 1.64 bits per heavy atom. The Labute approximate surface area is 86.9 Å². The molecule has 4 nitrogen and oxygen atoms in total. The predicted molar refractivity (Wildman–Crippen MR) is 55.8 cm³/mol. The minimum atomic E-state index is -2.79.